The second kappa shape index (κ2) is 11.4. The van der Waals surface area contributed by atoms with Gasteiger partial charge in [-0.05, 0) is 49.2 Å². The first kappa shape index (κ1) is 27.6. The minimum absolute atomic E-state index is 0.0803. The van der Waals surface area contributed by atoms with Gasteiger partial charge in [-0.1, -0.05) is 25.5 Å². The number of hydrogen-bond donors (Lipinski definition) is 0. The molecule has 1 aromatic heterocycles. The van der Waals surface area contributed by atoms with Crippen LogP contribution in [0.1, 0.15) is 37.1 Å². The van der Waals surface area contributed by atoms with E-state index in [2.05, 4.69) is 0 Å². The van der Waals surface area contributed by atoms with Crippen molar-refractivity contribution in [2.24, 2.45) is 7.05 Å². The number of benzene rings is 2. The van der Waals surface area contributed by atoms with Crippen LogP contribution in [0.5, 0.6) is 11.5 Å². The lowest BCUT2D eigenvalue weighted by Gasteiger charge is -2.17. The summed E-state index contributed by atoms with van der Waals surface area (Å²) in [5.41, 5.74) is -1.76. The standard InChI is InChI=1S/C26H27F3N2O6/c1-5-6-17-7-8-18(21(13-17)37-16(2)24(33)35-4)15-36-20-11-9-19(10-12-20)31-23(32)14-22(26(27,28)29)30(3)25(31)34/h7-14,16H,5-6,15H2,1-4H3. The van der Waals surface area contributed by atoms with Crippen LogP contribution < -0.4 is 20.7 Å². The molecule has 1 atom stereocenters. The molecule has 8 nitrogen and oxygen atoms in total. The van der Waals surface area contributed by atoms with Crippen molar-refractivity contribution < 1.29 is 32.2 Å². The second-order valence-electron chi connectivity index (χ2n) is 8.30. The summed E-state index contributed by atoms with van der Waals surface area (Å²) in [6.45, 7) is 3.71. The smallest absolute Gasteiger partial charge is 0.431 e. The van der Waals surface area contributed by atoms with Crippen molar-refractivity contribution in [1.82, 2.24) is 9.13 Å². The Balaban J connectivity index is 1.83. The SMILES string of the molecule is CCCc1ccc(COc2ccc(-n3c(=O)cc(C(F)(F)F)n(C)c3=O)cc2)c(OC(C)C(=O)OC)c1. The number of ether oxygens (including phenoxy) is 3. The molecule has 0 aliphatic carbocycles. The van der Waals surface area contributed by atoms with Crippen LogP contribution in [0.25, 0.3) is 5.69 Å². The minimum Gasteiger partial charge on any atom is -0.489 e. The number of alkyl halides is 3. The lowest BCUT2D eigenvalue weighted by Crippen LogP contribution is -2.40. The first-order valence-electron chi connectivity index (χ1n) is 11.5. The second-order valence-corrected chi connectivity index (χ2v) is 8.30. The highest BCUT2D eigenvalue weighted by Crippen LogP contribution is 2.27. The summed E-state index contributed by atoms with van der Waals surface area (Å²) in [4.78, 5) is 36.6. The molecule has 0 radical (unpaired) electrons. The Morgan fingerprint density at radius 1 is 1.05 bits per heavy atom. The van der Waals surface area contributed by atoms with E-state index in [9.17, 15) is 27.6 Å². The molecule has 1 heterocycles. The van der Waals surface area contributed by atoms with Gasteiger partial charge in [0, 0.05) is 18.7 Å². The maximum Gasteiger partial charge on any atom is 0.431 e. The van der Waals surface area contributed by atoms with E-state index < -0.39 is 35.2 Å². The molecule has 0 aliphatic rings. The maximum atomic E-state index is 13.1. The van der Waals surface area contributed by atoms with Gasteiger partial charge in [0.15, 0.2) is 6.10 Å². The Morgan fingerprint density at radius 3 is 2.32 bits per heavy atom. The molecular formula is C26H27F3N2O6. The van der Waals surface area contributed by atoms with Gasteiger partial charge < -0.3 is 14.2 Å². The van der Waals surface area contributed by atoms with Crippen LogP contribution in [0.15, 0.2) is 58.1 Å². The topological polar surface area (TPSA) is 88.8 Å². The number of methoxy groups -OCH3 is 1. The molecule has 198 valence electrons. The lowest BCUT2D eigenvalue weighted by molar-refractivity contribution is -0.148. The molecule has 0 spiro atoms. The van der Waals surface area contributed by atoms with E-state index in [4.69, 9.17) is 14.2 Å². The zero-order valence-corrected chi connectivity index (χ0v) is 20.8. The average Bonchev–Trinajstić information content (AvgIpc) is 2.85. The highest BCUT2D eigenvalue weighted by atomic mass is 19.4. The van der Waals surface area contributed by atoms with Gasteiger partial charge in [0.2, 0.25) is 0 Å². The van der Waals surface area contributed by atoms with E-state index in [-0.39, 0.29) is 12.3 Å². The average molecular weight is 521 g/mol. The van der Waals surface area contributed by atoms with Gasteiger partial charge in [0.25, 0.3) is 5.56 Å². The van der Waals surface area contributed by atoms with Crippen LogP contribution in [0.2, 0.25) is 0 Å². The predicted octanol–water partition coefficient (Wildman–Crippen LogP) is 4.03. The van der Waals surface area contributed by atoms with E-state index in [0.717, 1.165) is 25.5 Å². The van der Waals surface area contributed by atoms with Crippen molar-refractivity contribution in [2.45, 2.75) is 45.6 Å². The van der Waals surface area contributed by atoms with E-state index >= 15 is 0 Å². The fourth-order valence-corrected chi connectivity index (χ4v) is 3.66. The van der Waals surface area contributed by atoms with Gasteiger partial charge in [-0.3, -0.25) is 9.36 Å². The van der Waals surface area contributed by atoms with Crippen LogP contribution >= 0.6 is 0 Å². The third-order valence-electron chi connectivity index (χ3n) is 5.61. The Kier molecular flexibility index (Phi) is 8.46. The maximum absolute atomic E-state index is 13.1. The van der Waals surface area contributed by atoms with Gasteiger partial charge in [-0.2, -0.15) is 13.2 Å². The van der Waals surface area contributed by atoms with E-state index in [1.807, 2.05) is 25.1 Å². The molecule has 2 aromatic carbocycles. The summed E-state index contributed by atoms with van der Waals surface area (Å²) < 4.78 is 56.6. The number of rotatable bonds is 9. The highest BCUT2D eigenvalue weighted by Gasteiger charge is 2.35. The van der Waals surface area contributed by atoms with Crippen molar-refractivity contribution in [3.8, 4) is 17.2 Å². The number of carbonyl (C=O) groups is 1. The zero-order chi connectivity index (χ0) is 27.3. The molecule has 0 saturated carbocycles. The minimum atomic E-state index is -4.84. The number of nitrogens with zero attached hydrogens (tertiary/aromatic N) is 2. The van der Waals surface area contributed by atoms with E-state index in [1.165, 1.54) is 31.4 Å². The molecule has 0 bridgehead atoms. The molecule has 1 unspecified atom stereocenters. The van der Waals surface area contributed by atoms with Crippen LogP contribution in [-0.4, -0.2) is 28.3 Å². The summed E-state index contributed by atoms with van der Waals surface area (Å²) in [5.74, 6) is 0.332. The fourth-order valence-electron chi connectivity index (χ4n) is 3.66. The molecule has 0 fully saturated rings. The quantitative estimate of drug-likeness (QED) is 0.396. The van der Waals surface area contributed by atoms with Crippen molar-refractivity contribution in [3.63, 3.8) is 0 Å². The molecule has 11 heteroatoms. The van der Waals surface area contributed by atoms with Crippen LogP contribution in [-0.2, 0) is 35.8 Å². The van der Waals surface area contributed by atoms with Gasteiger partial charge in [0.1, 0.15) is 23.8 Å². The lowest BCUT2D eigenvalue weighted by atomic mass is 10.1. The van der Waals surface area contributed by atoms with Crippen molar-refractivity contribution in [2.75, 3.05) is 7.11 Å². The van der Waals surface area contributed by atoms with E-state index in [1.54, 1.807) is 6.92 Å². The Bertz CT molecular complexity index is 1380. The third kappa shape index (κ3) is 6.41. The Hall–Kier alpha value is -4.02. The number of aryl methyl sites for hydroxylation is 1. The summed E-state index contributed by atoms with van der Waals surface area (Å²) in [6, 6.07) is 11.8. The highest BCUT2D eigenvalue weighted by molar-refractivity contribution is 5.74. The summed E-state index contributed by atoms with van der Waals surface area (Å²) in [7, 11) is 2.23. The molecule has 0 amide bonds. The Morgan fingerprint density at radius 2 is 1.73 bits per heavy atom. The molecule has 3 rings (SSSR count). The first-order valence-corrected chi connectivity index (χ1v) is 11.5. The largest absolute Gasteiger partial charge is 0.489 e. The van der Waals surface area contributed by atoms with Crippen LogP contribution in [0.4, 0.5) is 13.2 Å². The predicted molar refractivity (Wildman–Crippen MR) is 129 cm³/mol. The zero-order valence-electron chi connectivity index (χ0n) is 20.8. The summed E-state index contributed by atoms with van der Waals surface area (Å²) in [5, 5.41) is 0. The first-order chi connectivity index (χ1) is 17.5. The van der Waals surface area contributed by atoms with Gasteiger partial charge in [0.05, 0.1) is 12.8 Å². The molecule has 0 aliphatic heterocycles. The van der Waals surface area contributed by atoms with Gasteiger partial charge in [-0.15, -0.1) is 0 Å². The van der Waals surface area contributed by atoms with Crippen molar-refractivity contribution in [3.05, 3.63) is 86.2 Å². The number of aromatic nitrogens is 2. The van der Waals surface area contributed by atoms with Crippen molar-refractivity contribution >= 4 is 5.97 Å². The van der Waals surface area contributed by atoms with Crippen molar-refractivity contribution in [1.29, 1.82) is 0 Å². The van der Waals surface area contributed by atoms with E-state index in [0.29, 0.717) is 32.3 Å². The normalized spacial score (nSPS) is 12.2. The molecule has 0 N–H and O–H groups in total. The Labute approximate surface area is 210 Å². The molecule has 3 aromatic rings. The number of carbonyl (C=O) groups excluding carboxylic acids is 1. The fraction of sp³-hybridized carbons (Fsp3) is 0.346. The number of hydrogen-bond acceptors (Lipinski definition) is 6. The summed E-state index contributed by atoms with van der Waals surface area (Å²) in [6.07, 6.45) is -3.91. The molecule has 0 saturated heterocycles. The monoisotopic (exact) mass is 520 g/mol. The molecular weight excluding hydrogens is 493 g/mol. The number of halogens is 3. The van der Waals surface area contributed by atoms with Crippen LogP contribution in [0, 0.1) is 0 Å². The molecule has 37 heavy (non-hydrogen) atoms. The number of esters is 1. The van der Waals surface area contributed by atoms with Gasteiger partial charge >= 0.3 is 17.8 Å². The summed E-state index contributed by atoms with van der Waals surface area (Å²) >= 11 is 0. The third-order valence-corrected chi connectivity index (χ3v) is 5.61. The van der Waals surface area contributed by atoms with Gasteiger partial charge in [-0.25, -0.2) is 14.2 Å². The van der Waals surface area contributed by atoms with Crippen LogP contribution in [0.3, 0.4) is 0 Å².